The minimum atomic E-state index is -1.00. The van der Waals surface area contributed by atoms with E-state index in [1.807, 2.05) is 60.7 Å². The van der Waals surface area contributed by atoms with E-state index >= 15 is 0 Å². The van der Waals surface area contributed by atoms with Crippen molar-refractivity contribution in [3.8, 4) is 16.9 Å². The van der Waals surface area contributed by atoms with Crippen molar-refractivity contribution in [1.29, 1.82) is 0 Å². The summed E-state index contributed by atoms with van der Waals surface area (Å²) in [6.45, 7) is 6.95. The van der Waals surface area contributed by atoms with Gasteiger partial charge < -0.3 is 19.2 Å². The second-order valence-corrected chi connectivity index (χ2v) is 9.72. The number of esters is 1. The first kappa shape index (κ1) is 25.7. The van der Waals surface area contributed by atoms with Crippen LogP contribution in [0.2, 0.25) is 0 Å². The van der Waals surface area contributed by atoms with Crippen molar-refractivity contribution in [2.75, 3.05) is 0 Å². The maximum absolute atomic E-state index is 13.3. The Morgan fingerprint density at radius 3 is 2.24 bits per heavy atom. The largest absolute Gasteiger partial charge is 0.444 e. The molecule has 0 fully saturated rings. The van der Waals surface area contributed by atoms with E-state index in [1.165, 1.54) is 6.07 Å². The van der Waals surface area contributed by atoms with Gasteiger partial charge in [0.1, 0.15) is 23.0 Å². The van der Waals surface area contributed by atoms with Gasteiger partial charge in [-0.25, -0.2) is 14.4 Å². The molecular weight excluding hydrogens is 470 g/mol. The lowest BCUT2D eigenvalue weighted by atomic mass is 10.00. The summed E-state index contributed by atoms with van der Waals surface area (Å²) >= 11 is 0. The van der Waals surface area contributed by atoms with E-state index in [2.05, 4.69) is 5.32 Å². The normalized spacial score (nSPS) is 12.1. The summed E-state index contributed by atoms with van der Waals surface area (Å²) in [5.41, 5.74) is 2.03. The second-order valence-electron chi connectivity index (χ2n) is 9.72. The first-order valence-electron chi connectivity index (χ1n) is 12.0. The van der Waals surface area contributed by atoms with Crippen LogP contribution in [0.1, 0.15) is 31.9 Å². The van der Waals surface area contributed by atoms with Crippen molar-refractivity contribution in [2.45, 2.75) is 45.8 Å². The molecule has 7 nitrogen and oxygen atoms in total. The Morgan fingerprint density at radius 1 is 0.946 bits per heavy atom. The molecule has 0 aliphatic rings. The molecule has 190 valence electrons. The number of hydrogen-bond acceptors (Lipinski definition) is 6. The first-order valence-corrected chi connectivity index (χ1v) is 12.0. The number of nitrogens with one attached hydrogen (secondary N) is 1. The van der Waals surface area contributed by atoms with Gasteiger partial charge in [0.05, 0.1) is 0 Å². The standard InChI is InChI=1S/C30H29NO6/c1-19-25(16-15-22-23(18-26(32)36-27(19)22)21-13-9-6-10-14-21)35-28(33)24(17-20-11-7-5-8-12-20)31-29(34)37-30(2,3)4/h5-16,18,24H,17H2,1-4H3,(H,31,34)/t24-/m1/s1. The van der Waals surface area contributed by atoms with E-state index in [4.69, 9.17) is 13.9 Å². The molecule has 0 aliphatic carbocycles. The highest BCUT2D eigenvalue weighted by molar-refractivity contribution is 5.96. The zero-order valence-electron chi connectivity index (χ0n) is 21.2. The molecule has 0 aliphatic heterocycles. The van der Waals surface area contributed by atoms with E-state index < -0.39 is 29.3 Å². The van der Waals surface area contributed by atoms with Crippen molar-refractivity contribution >= 4 is 23.0 Å². The molecule has 37 heavy (non-hydrogen) atoms. The summed E-state index contributed by atoms with van der Waals surface area (Å²) in [5.74, 6) is -0.436. The van der Waals surface area contributed by atoms with Crippen LogP contribution in [-0.4, -0.2) is 23.7 Å². The van der Waals surface area contributed by atoms with Crippen LogP contribution in [0.3, 0.4) is 0 Å². The number of aryl methyl sites for hydroxylation is 1. The monoisotopic (exact) mass is 499 g/mol. The van der Waals surface area contributed by atoms with Crippen LogP contribution in [0.25, 0.3) is 22.1 Å². The Bertz CT molecular complexity index is 1470. The second kappa shape index (κ2) is 10.7. The van der Waals surface area contributed by atoms with Gasteiger partial charge in [0, 0.05) is 23.4 Å². The van der Waals surface area contributed by atoms with Crippen LogP contribution in [0.5, 0.6) is 5.75 Å². The van der Waals surface area contributed by atoms with Crippen molar-refractivity contribution in [2.24, 2.45) is 0 Å². The molecule has 1 N–H and O–H groups in total. The van der Waals surface area contributed by atoms with Gasteiger partial charge >= 0.3 is 17.7 Å². The maximum atomic E-state index is 13.3. The molecule has 0 bridgehead atoms. The number of fused-ring (bicyclic) bond motifs is 1. The fourth-order valence-electron chi connectivity index (χ4n) is 3.98. The van der Waals surface area contributed by atoms with Crippen LogP contribution in [0.15, 0.2) is 88.1 Å². The molecule has 4 aromatic rings. The van der Waals surface area contributed by atoms with Crippen molar-refractivity contribution in [3.05, 3.63) is 100 Å². The predicted molar refractivity (Wildman–Crippen MR) is 142 cm³/mol. The number of ether oxygens (including phenoxy) is 2. The summed E-state index contributed by atoms with van der Waals surface area (Å²) < 4.78 is 16.6. The van der Waals surface area contributed by atoms with Crippen LogP contribution in [0.4, 0.5) is 4.79 Å². The van der Waals surface area contributed by atoms with Crippen LogP contribution in [-0.2, 0) is 16.0 Å². The number of carbonyl (C=O) groups excluding carboxylic acids is 2. The summed E-state index contributed by atoms with van der Waals surface area (Å²) in [6, 6.07) is 22.7. The average Bonchev–Trinajstić information content (AvgIpc) is 2.85. The van der Waals surface area contributed by atoms with Crippen LogP contribution >= 0.6 is 0 Å². The van der Waals surface area contributed by atoms with Gasteiger partial charge in [0.15, 0.2) is 0 Å². The lowest BCUT2D eigenvalue weighted by molar-refractivity contribution is -0.136. The number of carbonyl (C=O) groups is 2. The smallest absolute Gasteiger partial charge is 0.408 e. The van der Waals surface area contributed by atoms with E-state index in [0.717, 1.165) is 22.1 Å². The maximum Gasteiger partial charge on any atom is 0.408 e. The Balaban J connectivity index is 1.65. The highest BCUT2D eigenvalue weighted by Crippen LogP contribution is 2.33. The highest BCUT2D eigenvalue weighted by Gasteiger charge is 2.27. The third kappa shape index (κ3) is 6.44. The van der Waals surface area contributed by atoms with E-state index in [0.29, 0.717) is 11.1 Å². The van der Waals surface area contributed by atoms with Gasteiger partial charge in [0.25, 0.3) is 0 Å². The predicted octanol–water partition coefficient (Wildman–Crippen LogP) is 5.81. The third-order valence-corrected chi connectivity index (χ3v) is 5.66. The van der Waals surface area contributed by atoms with Gasteiger partial charge in [0.2, 0.25) is 0 Å². The zero-order valence-corrected chi connectivity index (χ0v) is 21.2. The minimum Gasteiger partial charge on any atom is -0.444 e. The quantitative estimate of drug-likeness (QED) is 0.204. The number of rotatable bonds is 6. The lowest BCUT2D eigenvalue weighted by Crippen LogP contribution is -2.46. The van der Waals surface area contributed by atoms with Gasteiger partial charge in [-0.1, -0.05) is 60.7 Å². The number of hydrogen-bond donors (Lipinski definition) is 1. The number of benzene rings is 3. The Kier molecular flexibility index (Phi) is 7.43. The van der Waals surface area contributed by atoms with E-state index in [1.54, 1.807) is 39.8 Å². The van der Waals surface area contributed by atoms with Crippen LogP contribution < -0.4 is 15.7 Å². The van der Waals surface area contributed by atoms with Gasteiger partial charge in [-0.3, -0.25) is 0 Å². The molecule has 1 atom stereocenters. The average molecular weight is 500 g/mol. The first-order chi connectivity index (χ1) is 17.6. The van der Waals surface area contributed by atoms with E-state index in [9.17, 15) is 14.4 Å². The Labute approximate surface area is 215 Å². The van der Waals surface area contributed by atoms with Gasteiger partial charge in [-0.2, -0.15) is 0 Å². The van der Waals surface area contributed by atoms with Gasteiger partial charge in [-0.05, 0) is 56.5 Å². The number of amides is 1. The molecule has 1 amide bonds. The van der Waals surface area contributed by atoms with Crippen molar-refractivity contribution in [3.63, 3.8) is 0 Å². The third-order valence-electron chi connectivity index (χ3n) is 5.66. The molecule has 0 radical (unpaired) electrons. The van der Waals surface area contributed by atoms with Crippen molar-refractivity contribution < 1.29 is 23.5 Å². The summed E-state index contributed by atoms with van der Waals surface area (Å²) in [6.07, 6.45) is -0.516. The van der Waals surface area contributed by atoms with Crippen molar-refractivity contribution in [1.82, 2.24) is 5.32 Å². The lowest BCUT2D eigenvalue weighted by Gasteiger charge is -2.23. The fourth-order valence-corrected chi connectivity index (χ4v) is 3.98. The Hall–Kier alpha value is -4.39. The molecular formula is C30H29NO6. The summed E-state index contributed by atoms with van der Waals surface area (Å²) in [7, 11) is 0. The Morgan fingerprint density at radius 2 is 1.59 bits per heavy atom. The highest BCUT2D eigenvalue weighted by atomic mass is 16.6. The molecule has 0 saturated heterocycles. The molecule has 0 spiro atoms. The number of alkyl carbamates (subject to hydrolysis) is 1. The zero-order chi connectivity index (χ0) is 26.6. The molecule has 0 unspecified atom stereocenters. The minimum absolute atomic E-state index is 0.207. The molecule has 1 aromatic heterocycles. The SMILES string of the molecule is Cc1c(OC(=O)[C@@H](Cc2ccccc2)NC(=O)OC(C)(C)C)ccc2c(-c3ccccc3)cc(=O)oc12. The molecule has 1 heterocycles. The summed E-state index contributed by atoms with van der Waals surface area (Å²) in [5, 5.41) is 3.35. The summed E-state index contributed by atoms with van der Waals surface area (Å²) in [4.78, 5) is 38.1. The molecule has 0 saturated carbocycles. The topological polar surface area (TPSA) is 94.8 Å². The van der Waals surface area contributed by atoms with Crippen LogP contribution in [0, 0.1) is 6.92 Å². The fraction of sp³-hybridized carbons (Fsp3) is 0.233. The van der Waals surface area contributed by atoms with Gasteiger partial charge in [-0.15, -0.1) is 0 Å². The molecule has 7 heteroatoms. The van der Waals surface area contributed by atoms with E-state index in [-0.39, 0.29) is 12.2 Å². The molecule has 3 aromatic carbocycles. The molecule has 4 rings (SSSR count).